The summed E-state index contributed by atoms with van der Waals surface area (Å²) in [5.41, 5.74) is 3.50. The summed E-state index contributed by atoms with van der Waals surface area (Å²) in [6.07, 6.45) is 5.02. The number of hydrogen-bond donors (Lipinski definition) is 1. The van der Waals surface area contributed by atoms with Crippen molar-refractivity contribution in [1.29, 1.82) is 0 Å². The lowest BCUT2D eigenvalue weighted by atomic mass is 9.85. The topological polar surface area (TPSA) is 66.5 Å². The number of carbonyl (C=O) groups excluding carboxylic acids is 3. The Kier molecular flexibility index (Phi) is 3.95. The minimum atomic E-state index is -0.326. The third kappa shape index (κ3) is 2.57. The van der Waals surface area contributed by atoms with Gasteiger partial charge < -0.3 is 5.32 Å². The molecular weight excluding hydrogens is 364 g/mol. The Hall–Kier alpha value is -3.21. The van der Waals surface area contributed by atoms with Crippen LogP contribution in [0, 0.1) is 37.5 Å². The second kappa shape index (κ2) is 6.41. The average molecular weight is 386 g/mol. The molecule has 2 fully saturated rings. The lowest BCUT2D eigenvalue weighted by molar-refractivity contribution is -0.123. The summed E-state index contributed by atoms with van der Waals surface area (Å²) in [7, 11) is 0. The molecule has 5 rings (SSSR count). The molecule has 0 spiro atoms. The van der Waals surface area contributed by atoms with Crippen molar-refractivity contribution < 1.29 is 14.4 Å². The fraction of sp³-hybridized carbons (Fsp3) is 0.292. The molecule has 2 aromatic carbocycles. The molecule has 2 bridgehead atoms. The summed E-state index contributed by atoms with van der Waals surface area (Å²) in [6.45, 7) is 3.94. The van der Waals surface area contributed by atoms with E-state index in [0.717, 1.165) is 23.2 Å². The Bertz CT molecular complexity index is 1060. The van der Waals surface area contributed by atoms with Crippen LogP contribution in [0.5, 0.6) is 0 Å². The minimum Gasteiger partial charge on any atom is -0.322 e. The number of amides is 3. The number of fused-ring (bicyclic) bond motifs is 5. The number of anilines is 2. The Morgan fingerprint density at radius 3 is 2.28 bits per heavy atom. The zero-order chi connectivity index (χ0) is 20.3. The van der Waals surface area contributed by atoms with E-state index in [1.807, 2.05) is 32.0 Å². The number of hydrogen-bond acceptors (Lipinski definition) is 3. The summed E-state index contributed by atoms with van der Waals surface area (Å²) in [6, 6.07) is 12.6. The number of para-hydroxylation sites is 1. The molecule has 1 aliphatic heterocycles. The molecule has 1 saturated heterocycles. The fourth-order valence-corrected chi connectivity index (χ4v) is 5.08. The van der Waals surface area contributed by atoms with E-state index >= 15 is 0 Å². The van der Waals surface area contributed by atoms with Gasteiger partial charge in [0.25, 0.3) is 5.91 Å². The lowest BCUT2D eigenvalue weighted by Crippen LogP contribution is -2.34. The first kappa shape index (κ1) is 17.9. The van der Waals surface area contributed by atoms with Crippen LogP contribution in [0.4, 0.5) is 11.4 Å². The minimum absolute atomic E-state index is 0.141. The first-order valence-corrected chi connectivity index (χ1v) is 10.00. The number of aryl methyl sites for hydroxylation is 1. The van der Waals surface area contributed by atoms with Crippen LogP contribution >= 0.6 is 0 Å². The molecule has 1 heterocycles. The molecule has 1 saturated carbocycles. The molecule has 0 aromatic heterocycles. The zero-order valence-electron chi connectivity index (χ0n) is 16.4. The standard InChI is InChI=1S/C24H22N2O3/c1-13-6-5-8-18(14(13)2)25-22(27)17-7-3-4-9-19(17)26-23(28)20-15-10-11-16(12-15)21(20)24(26)29/h3-11,15-16,20-21H,12H2,1-2H3,(H,25,27)/t15-,16+,20-,21-/m0/s1. The van der Waals surface area contributed by atoms with Crippen LogP contribution in [-0.4, -0.2) is 17.7 Å². The Balaban J connectivity index is 1.49. The van der Waals surface area contributed by atoms with Gasteiger partial charge in [0.05, 0.1) is 23.1 Å². The van der Waals surface area contributed by atoms with Crippen LogP contribution in [0.25, 0.3) is 0 Å². The highest BCUT2D eigenvalue weighted by Gasteiger charge is 2.59. The predicted octanol–water partition coefficient (Wildman–Crippen LogP) is 3.87. The van der Waals surface area contributed by atoms with Crippen LogP contribution in [0.2, 0.25) is 0 Å². The van der Waals surface area contributed by atoms with E-state index in [4.69, 9.17) is 0 Å². The van der Waals surface area contributed by atoms with Crippen molar-refractivity contribution in [2.24, 2.45) is 23.7 Å². The smallest absolute Gasteiger partial charge is 0.257 e. The Morgan fingerprint density at radius 2 is 1.59 bits per heavy atom. The highest BCUT2D eigenvalue weighted by Crippen LogP contribution is 2.53. The maximum absolute atomic E-state index is 13.2. The van der Waals surface area contributed by atoms with Gasteiger partial charge in [0.2, 0.25) is 11.8 Å². The Morgan fingerprint density at radius 1 is 0.931 bits per heavy atom. The van der Waals surface area contributed by atoms with Gasteiger partial charge >= 0.3 is 0 Å². The second-order valence-corrected chi connectivity index (χ2v) is 8.23. The summed E-state index contributed by atoms with van der Waals surface area (Å²) in [5.74, 6) is -0.967. The number of carbonyl (C=O) groups is 3. The number of rotatable bonds is 3. The molecule has 0 unspecified atom stereocenters. The summed E-state index contributed by atoms with van der Waals surface area (Å²) in [5, 5.41) is 2.94. The third-order valence-corrected chi connectivity index (χ3v) is 6.71. The number of allylic oxidation sites excluding steroid dienone is 2. The van der Waals surface area contributed by atoms with E-state index < -0.39 is 0 Å². The van der Waals surface area contributed by atoms with Crippen molar-refractivity contribution in [3.8, 4) is 0 Å². The fourth-order valence-electron chi connectivity index (χ4n) is 5.08. The van der Waals surface area contributed by atoms with E-state index in [-0.39, 0.29) is 41.4 Å². The van der Waals surface area contributed by atoms with Crippen molar-refractivity contribution in [3.63, 3.8) is 0 Å². The normalized spacial score (nSPS) is 26.9. The van der Waals surface area contributed by atoms with E-state index in [2.05, 4.69) is 17.5 Å². The molecule has 4 atom stereocenters. The van der Waals surface area contributed by atoms with Crippen molar-refractivity contribution in [1.82, 2.24) is 0 Å². The molecular formula is C24H22N2O3. The summed E-state index contributed by atoms with van der Waals surface area (Å²) >= 11 is 0. The van der Waals surface area contributed by atoms with Gasteiger partial charge in [-0.1, -0.05) is 36.4 Å². The summed E-state index contributed by atoms with van der Waals surface area (Å²) < 4.78 is 0. The molecule has 2 aliphatic carbocycles. The van der Waals surface area contributed by atoms with Crippen LogP contribution in [-0.2, 0) is 9.59 Å². The molecule has 146 valence electrons. The Labute approximate surface area is 169 Å². The zero-order valence-corrected chi connectivity index (χ0v) is 16.4. The number of nitrogens with one attached hydrogen (secondary N) is 1. The number of nitrogens with zero attached hydrogens (tertiary/aromatic N) is 1. The first-order chi connectivity index (χ1) is 14.0. The van der Waals surface area contributed by atoms with Gasteiger partial charge in [-0.3, -0.25) is 14.4 Å². The predicted molar refractivity (Wildman–Crippen MR) is 111 cm³/mol. The second-order valence-electron chi connectivity index (χ2n) is 8.23. The van der Waals surface area contributed by atoms with E-state index in [1.165, 1.54) is 4.90 Å². The van der Waals surface area contributed by atoms with Gasteiger partial charge in [0, 0.05) is 5.69 Å². The molecule has 5 heteroatoms. The molecule has 3 amide bonds. The molecule has 5 nitrogen and oxygen atoms in total. The van der Waals surface area contributed by atoms with Crippen molar-refractivity contribution in [2.45, 2.75) is 20.3 Å². The van der Waals surface area contributed by atoms with Crippen molar-refractivity contribution in [3.05, 3.63) is 71.3 Å². The average Bonchev–Trinajstić information content (AvgIpc) is 3.39. The maximum Gasteiger partial charge on any atom is 0.257 e. The lowest BCUT2D eigenvalue weighted by Gasteiger charge is -2.20. The maximum atomic E-state index is 13.2. The highest BCUT2D eigenvalue weighted by atomic mass is 16.2. The van der Waals surface area contributed by atoms with Crippen LogP contribution < -0.4 is 10.2 Å². The molecule has 3 aliphatic rings. The monoisotopic (exact) mass is 386 g/mol. The number of imide groups is 1. The molecule has 29 heavy (non-hydrogen) atoms. The van der Waals surface area contributed by atoms with Gasteiger partial charge in [0.1, 0.15) is 0 Å². The number of benzene rings is 2. The molecule has 1 N–H and O–H groups in total. The van der Waals surface area contributed by atoms with Gasteiger partial charge in [-0.15, -0.1) is 0 Å². The van der Waals surface area contributed by atoms with E-state index in [0.29, 0.717) is 11.3 Å². The first-order valence-electron chi connectivity index (χ1n) is 10.00. The summed E-state index contributed by atoms with van der Waals surface area (Å²) in [4.78, 5) is 40.7. The third-order valence-electron chi connectivity index (χ3n) is 6.71. The van der Waals surface area contributed by atoms with Crippen LogP contribution in [0.3, 0.4) is 0 Å². The van der Waals surface area contributed by atoms with Gasteiger partial charge in [-0.2, -0.15) is 0 Å². The van der Waals surface area contributed by atoms with Crippen molar-refractivity contribution >= 4 is 29.1 Å². The van der Waals surface area contributed by atoms with Crippen LogP contribution in [0.1, 0.15) is 27.9 Å². The van der Waals surface area contributed by atoms with E-state index in [1.54, 1.807) is 24.3 Å². The molecule has 0 radical (unpaired) electrons. The van der Waals surface area contributed by atoms with Crippen LogP contribution in [0.15, 0.2) is 54.6 Å². The van der Waals surface area contributed by atoms with Gasteiger partial charge in [0.15, 0.2) is 0 Å². The van der Waals surface area contributed by atoms with Gasteiger partial charge in [-0.25, -0.2) is 4.90 Å². The largest absolute Gasteiger partial charge is 0.322 e. The SMILES string of the molecule is Cc1cccc(NC(=O)c2ccccc2N2C(=O)[C@@H]3[C@@H](C2=O)[C@H]2C=C[C@@H]3C2)c1C. The molecule has 2 aromatic rings. The van der Waals surface area contributed by atoms with Gasteiger partial charge in [-0.05, 0) is 61.4 Å². The highest BCUT2D eigenvalue weighted by molar-refractivity contribution is 6.25. The van der Waals surface area contributed by atoms with E-state index in [9.17, 15) is 14.4 Å². The van der Waals surface area contributed by atoms with Crippen molar-refractivity contribution in [2.75, 3.05) is 10.2 Å². The quantitative estimate of drug-likeness (QED) is 0.643.